The van der Waals surface area contributed by atoms with Crippen LogP contribution in [0.4, 0.5) is 0 Å². The van der Waals surface area contributed by atoms with E-state index in [9.17, 15) is 4.79 Å². The number of H-pyrrole nitrogens is 1. The Morgan fingerprint density at radius 3 is 2.58 bits per heavy atom. The summed E-state index contributed by atoms with van der Waals surface area (Å²) in [6, 6.07) is 6.20. The monoisotopic (exact) mass is 452 g/mol. The molecule has 0 atom stereocenters. The first kappa shape index (κ1) is 21.9. The zero-order chi connectivity index (χ0) is 23.0. The summed E-state index contributed by atoms with van der Waals surface area (Å²) in [5.74, 6) is 2.24. The van der Waals surface area contributed by atoms with Gasteiger partial charge in [-0.2, -0.15) is 0 Å². The number of rotatable bonds is 7. The minimum absolute atomic E-state index is 0.0735. The maximum atomic E-state index is 13.0. The van der Waals surface area contributed by atoms with Crippen LogP contribution in [0.15, 0.2) is 23.0 Å². The third kappa shape index (κ3) is 4.34. The van der Waals surface area contributed by atoms with E-state index in [0.717, 1.165) is 47.3 Å². The van der Waals surface area contributed by atoms with E-state index in [4.69, 9.17) is 9.47 Å². The van der Waals surface area contributed by atoms with Crippen molar-refractivity contribution in [3.63, 3.8) is 0 Å². The molecule has 1 aliphatic heterocycles. The quantitative estimate of drug-likeness (QED) is 0.587. The van der Waals surface area contributed by atoms with Gasteiger partial charge in [-0.15, -0.1) is 5.10 Å². The molecule has 1 aromatic carbocycles. The minimum atomic E-state index is -0.165. The fourth-order valence-electron chi connectivity index (χ4n) is 4.81. The van der Waals surface area contributed by atoms with Gasteiger partial charge in [-0.25, -0.2) is 4.68 Å². The van der Waals surface area contributed by atoms with Crippen molar-refractivity contribution >= 4 is 10.9 Å². The highest BCUT2D eigenvalue weighted by Gasteiger charge is 2.29. The van der Waals surface area contributed by atoms with E-state index in [1.54, 1.807) is 0 Å². The first-order valence-electron chi connectivity index (χ1n) is 11.9. The van der Waals surface area contributed by atoms with Crippen molar-refractivity contribution in [2.75, 3.05) is 13.2 Å². The molecule has 0 saturated heterocycles. The second kappa shape index (κ2) is 8.78. The zero-order valence-electron chi connectivity index (χ0n) is 19.6. The van der Waals surface area contributed by atoms with E-state index in [2.05, 4.69) is 46.2 Å². The highest BCUT2D eigenvalue weighted by Crippen LogP contribution is 2.34. The summed E-state index contributed by atoms with van der Waals surface area (Å²) in [5.41, 5.74) is 1.26. The topological polar surface area (TPSA) is 98.2 Å². The molecule has 1 fully saturated rings. The number of aromatic nitrogens is 5. The highest BCUT2D eigenvalue weighted by molar-refractivity contribution is 5.83. The second-order valence-corrected chi connectivity index (χ2v) is 9.72. The molecule has 1 saturated carbocycles. The van der Waals surface area contributed by atoms with E-state index in [1.807, 2.05) is 22.9 Å². The number of aromatic amines is 1. The van der Waals surface area contributed by atoms with Crippen molar-refractivity contribution in [3.8, 4) is 11.5 Å². The molecule has 0 amide bonds. The second-order valence-electron chi connectivity index (χ2n) is 9.72. The van der Waals surface area contributed by atoms with Crippen LogP contribution in [0.1, 0.15) is 64.3 Å². The third-order valence-electron chi connectivity index (χ3n) is 7.12. The van der Waals surface area contributed by atoms with Gasteiger partial charge < -0.3 is 14.5 Å². The Morgan fingerprint density at radius 1 is 1.12 bits per heavy atom. The van der Waals surface area contributed by atoms with E-state index >= 15 is 0 Å². The van der Waals surface area contributed by atoms with Crippen LogP contribution in [-0.4, -0.2) is 49.3 Å². The number of nitrogens with zero attached hydrogens (tertiary/aromatic N) is 5. The fraction of sp³-hybridized carbons (Fsp3) is 0.583. The summed E-state index contributed by atoms with van der Waals surface area (Å²) in [6.45, 7) is 8.64. The lowest BCUT2D eigenvalue weighted by atomic mass is 10.0. The van der Waals surface area contributed by atoms with Gasteiger partial charge in [-0.3, -0.25) is 9.69 Å². The Balaban J connectivity index is 1.47. The summed E-state index contributed by atoms with van der Waals surface area (Å²) in [5, 5.41) is 13.5. The number of ether oxygens (including phenoxy) is 2. The van der Waals surface area contributed by atoms with Gasteiger partial charge in [0.2, 0.25) is 0 Å². The van der Waals surface area contributed by atoms with Gasteiger partial charge in [0.05, 0.1) is 17.6 Å². The molecule has 1 N–H and O–H groups in total. The van der Waals surface area contributed by atoms with Crippen molar-refractivity contribution in [1.82, 2.24) is 30.1 Å². The van der Waals surface area contributed by atoms with Crippen LogP contribution in [-0.2, 0) is 18.6 Å². The van der Waals surface area contributed by atoms with Gasteiger partial charge in [0.25, 0.3) is 5.56 Å². The summed E-state index contributed by atoms with van der Waals surface area (Å²) >= 11 is 0. The van der Waals surface area contributed by atoms with Gasteiger partial charge >= 0.3 is 0 Å². The molecular formula is C24H32N6O3. The molecule has 5 rings (SSSR count). The van der Waals surface area contributed by atoms with Gasteiger partial charge in [0, 0.05) is 29.6 Å². The maximum Gasteiger partial charge on any atom is 0.252 e. The molecule has 0 spiro atoms. The average molecular weight is 453 g/mol. The van der Waals surface area contributed by atoms with Gasteiger partial charge in [0.15, 0.2) is 17.3 Å². The predicted molar refractivity (Wildman–Crippen MR) is 124 cm³/mol. The summed E-state index contributed by atoms with van der Waals surface area (Å²) in [4.78, 5) is 18.4. The lowest BCUT2D eigenvalue weighted by Gasteiger charge is -2.30. The van der Waals surface area contributed by atoms with E-state index in [-0.39, 0.29) is 11.1 Å². The zero-order valence-corrected chi connectivity index (χ0v) is 19.6. The van der Waals surface area contributed by atoms with Gasteiger partial charge in [-0.1, -0.05) is 19.8 Å². The van der Waals surface area contributed by atoms with Crippen LogP contribution >= 0.6 is 0 Å². The number of hydrogen-bond donors (Lipinski definition) is 1. The van der Waals surface area contributed by atoms with Gasteiger partial charge in [-0.05, 0) is 55.7 Å². The largest absolute Gasteiger partial charge is 0.486 e. The Hall–Kier alpha value is -2.94. The summed E-state index contributed by atoms with van der Waals surface area (Å²) in [7, 11) is 0. The smallest absolute Gasteiger partial charge is 0.252 e. The molecule has 9 heteroatoms. The van der Waals surface area contributed by atoms with E-state index in [1.165, 1.54) is 12.8 Å². The van der Waals surface area contributed by atoms with Crippen LogP contribution in [0.25, 0.3) is 10.9 Å². The molecule has 0 radical (unpaired) electrons. The number of hydrogen-bond acceptors (Lipinski definition) is 7. The maximum absolute atomic E-state index is 13.0. The normalized spacial score (nSPS) is 16.7. The number of benzene rings is 1. The minimum Gasteiger partial charge on any atom is -0.486 e. The predicted octanol–water partition coefficient (Wildman–Crippen LogP) is 3.38. The van der Waals surface area contributed by atoms with E-state index < -0.39 is 0 Å². The standard InChI is InChI=1S/C24H32N6O3/c1-4-24(2,3)30-22(26-27-28-30)15-29(18-7-5-6-8-18)14-17-11-16-12-20-21(33-10-9-32-20)13-19(16)25-23(17)31/h11-13,18H,4-10,14-15H2,1-3H3,(H,25,31). The molecule has 2 aliphatic rings. The molecule has 3 heterocycles. The van der Waals surface area contributed by atoms with Crippen molar-refractivity contribution in [3.05, 3.63) is 39.9 Å². The molecule has 33 heavy (non-hydrogen) atoms. The number of tetrazole rings is 1. The number of nitrogens with one attached hydrogen (secondary N) is 1. The Bertz CT molecular complexity index is 1190. The average Bonchev–Trinajstić information content (AvgIpc) is 3.50. The van der Waals surface area contributed by atoms with Crippen LogP contribution in [0.3, 0.4) is 0 Å². The van der Waals surface area contributed by atoms with Crippen LogP contribution in [0, 0.1) is 0 Å². The van der Waals surface area contributed by atoms with Crippen molar-refractivity contribution < 1.29 is 9.47 Å². The van der Waals surface area contributed by atoms with Crippen LogP contribution in [0.5, 0.6) is 11.5 Å². The molecular weight excluding hydrogens is 420 g/mol. The number of fused-ring (bicyclic) bond motifs is 2. The van der Waals surface area contributed by atoms with Crippen molar-refractivity contribution in [1.29, 1.82) is 0 Å². The lowest BCUT2D eigenvalue weighted by Crippen LogP contribution is -2.37. The van der Waals surface area contributed by atoms with Crippen LogP contribution < -0.4 is 15.0 Å². The molecule has 0 unspecified atom stereocenters. The number of pyridine rings is 1. The molecule has 1 aliphatic carbocycles. The molecule has 3 aromatic rings. The Morgan fingerprint density at radius 2 is 1.85 bits per heavy atom. The van der Waals surface area contributed by atoms with Crippen molar-refractivity contribution in [2.45, 2.75) is 77.5 Å². The SMILES string of the molecule is CCC(C)(C)n1nnnc1CN(Cc1cc2cc3c(cc2[nH]c1=O)OCCO3)C1CCCC1. The van der Waals surface area contributed by atoms with Crippen molar-refractivity contribution in [2.24, 2.45) is 0 Å². The summed E-state index contributed by atoms with van der Waals surface area (Å²) < 4.78 is 13.3. The molecule has 176 valence electrons. The highest BCUT2D eigenvalue weighted by atomic mass is 16.6. The Labute approximate surface area is 193 Å². The summed E-state index contributed by atoms with van der Waals surface area (Å²) in [6.07, 6.45) is 5.61. The first-order chi connectivity index (χ1) is 15.9. The first-order valence-corrected chi connectivity index (χ1v) is 11.9. The third-order valence-corrected chi connectivity index (χ3v) is 7.12. The Kier molecular flexibility index (Phi) is 5.82. The molecule has 0 bridgehead atoms. The molecule has 9 nitrogen and oxygen atoms in total. The van der Waals surface area contributed by atoms with Gasteiger partial charge in [0.1, 0.15) is 13.2 Å². The lowest BCUT2D eigenvalue weighted by molar-refractivity contribution is 0.164. The van der Waals surface area contributed by atoms with Crippen LogP contribution in [0.2, 0.25) is 0 Å². The fourth-order valence-corrected chi connectivity index (χ4v) is 4.81. The molecule has 2 aromatic heterocycles. The van der Waals surface area contributed by atoms with E-state index in [0.29, 0.717) is 38.1 Å².